The van der Waals surface area contributed by atoms with E-state index in [2.05, 4.69) is 11.0 Å². The fraction of sp³-hybridized carbons (Fsp3) is 0.556. The summed E-state index contributed by atoms with van der Waals surface area (Å²) in [5.41, 5.74) is 0.339. The molecule has 2 aromatic carbocycles. The monoisotopic (exact) mass is 635 g/mol. The number of rotatable bonds is 11. The molecule has 0 bridgehead atoms. The number of fused-ring (bicyclic) bond motifs is 3. The summed E-state index contributed by atoms with van der Waals surface area (Å²) in [4.78, 5) is 29.7. The largest absolute Gasteiger partial charge is 0.497 e. The van der Waals surface area contributed by atoms with Gasteiger partial charge in [-0.15, -0.1) is 0 Å². The number of carbonyl (C=O) groups excluding carboxylic acids is 2. The highest BCUT2D eigenvalue weighted by Crippen LogP contribution is 2.55. The van der Waals surface area contributed by atoms with E-state index in [1.807, 2.05) is 43.3 Å². The van der Waals surface area contributed by atoms with E-state index < -0.39 is 41.2 Å². The summed E-state index contributed by atoms with van der Waals surface area (Å²) in [6.07, 6.45) is 3.80. The predicted molar refractivity (Wildman–Crippen MR) is 168 cm³/mol. The summed E-state index contributed by atoms with van der Waals surface area (Å²) in [6, 6.07) is 11.6. The number of carbonyl (C=O) groups is 2. The molecule has 248 valence electrons. The number of esters is 2. The summed E-state index contributed by atoms with van der Waals surface area (Å²) < 4.78 is 29.1. The van der Waals surface area contributed by atoms with Crippen molar-refractivity contribution >= 4 is 11.9 Å². The topological polar surface area (TPSA) is 124 Å². The van der Waals surface area contributed by atoms with Crippen molar-refractivity contribution in [2.75, 3.05) is 27.0 Å². The van der Waals surface area contributed by atoms with E-state index in [1.165, 1.54) is 0 Å². The SMILES string of the molecule is COC1=CC23CCCN2CCc2cc4c(cc2[C@@H]3C1OC(=O)[C@@](O)(CCCC(C)(C)O)CC(=O)OCc1ccc(C)cc1)OCO4. The first-order valence-electron chi connectivity index (χ1n) is 16.2. The number of nitrogens with zero attached hydrogens (tertiary/aromatic N) is 1. The van der Waals surface area contributed by atoms with E-state index in [1.54, 1.807) is 21.0 Å². The second-order valence-corrected chi connectivity index (χ2v) is 13.8. The van der Waals surface area contributed by atoms with E-state index in [0.29, 0.717) is 23.7 Å². The number of aliphatic hydroxyl groups is 2. The van der Waals surface area contributed by atoms with Crippen LogP contribution >= 0.6 is 0 Å². The van der Waals surface area contributed by atoms with Crippen LogP contribution in [-0.4, -0.2) is 76.9 Å². The van der Waals surface area contributed by atoms with Crippen LogP contribution in [0.5, 0.6) is 11.5 Å². The van der Waals surface area contributed by atoms with Gasteiger partial charge in [-0.2, -0.15) is 0 Å². The van der Waals surface area contributed by atoms with Crippen LogP contribution in [0.3, 0.4) is 0 Å². The van der Waals surface area contributed by atoms with Gasteiger partial charge < -0.3 is 33.9 Å². The summed E-state index contributed by atoms with van der Waals surface area (Å²) in [6.45, 7) is 7.19. The highest BCUT2D eigenvalue weighted by atomic mass is 16.7. The zero-order valence-electron chi connectivity index (χ0n) is 27.2. The van der Waals surface area contributed by atoms with Crippen LogP contribution in [0.1, 0.15) is 80.5 Å². The molecule has 46 heavy (non-hydrogen) atoms. The molecule has 3 heterocycles. The van der Waals surface area contributed by atoms with Crippen LogP contribution in [0.25, 0.3) is 0 Å². The fourth-order valence-corrected chi connectivity index (χ4v) is 7.53. The minimum Gasteiger partial charge on any atom is -0.497 e. The van der Waals surface area contributed by atoms with Gasteiger partial charge in [-0.1, -0.05) is 29.8 Å². The Bertz CT molecular complexity index is 1500. The van der Waals surface area contributed by atoms with Crippen molar-refractivity contribution in [3.05, 3.63) is 70.5 Å². The molecule has 0 aromatic heterocycles. The van der Waals surface area contributed by atoms with Crippen molar-refractivity contribution in [3.8, 4) is 11.5 Å². The van der Waals surface area contributed by atoms with Crippen LogP contribution in [0, 0.1) is 6.92 Å². The maximum absolute atomic E-state index is 14.2. The smallest absolute Gasteiger partial charge is 0.339 e. The van der Waals surface area contributed by atoms with Gasteiger partial charge >= 0.3 is 11.9 Å². The molecule has 1 saturated heterocycles. The second kappa shape index (κ2) is 12.5. The van der Waals surface area contributed by atoms with Gasteiger partial charge in [-0.05, 0) is 101 Å². The van der Waals surface area contributed by atoms with Crippen LogP contribution in [0.2, 0.25) is 0 Å². The molecule has 10 heteroatoms. The van der Waals surface area contributed by atoms with Crippen molar-refractivity contribution in [1.29, 1.82) is 0 Å². The third-order valence-electron chi connectivity index (χ3n) is 9.91. The quantitative estimate of drug-likeness (QED) is 0.342. The van der Waals surface area contributed by atoms with Crippen molar-refractivity contribution in [2.45, 2.75) is 101 Å². The molecule has 10 nitrogen and oxygen atoms in total. The molecule has 3 aliphatic heterocycles. The van der Waals surface area contributed by atoms with E-state index in [-0.39, 0.29) is 32.2 Å². The minimum atomic E-state index is -2.18. The number of ether oxygens (including phenoxy) is 5. The standard InChI is InChI=1S/C36H45NO9/c1-23-7-9-24(10-8-23)21-43-30(38)20-36(41,14-5-12-34(2,3)40)33(39)46-32-29(42-4)19-35-13-6-15-37(35)16-11-25-17-27-28(45-22-44-27)18-26(25)31(32)35/h7-10,17-19,31-32,40-41H,5-6,11-16,20-22H2,1-4H3/t31-,32?,35?,36-/m1/s1. The Morgan fingerprint density at radius 3 is 2.52 bits per heavy atom. The number of aryl methyl sites for hydroxylation is 1. The lowest BCUT2D eigenvalue weighted by atomic mass is 9.77. The van der Waals surface area contributed by atoms with E-state index in [9.17, 15) is 19.8 Å². The van der Waals surface area contributed by atoms with Crippen molar-refractivity contribution < 1.29 is 43.5 Å². The van der Waals surface area contributed by atoms with Gasteiger partial charge in [0.2, 0.25) is 6.79 Å². The summed E-state index contributed by atoms with van der Waals surface area (Å²) >= 11 is 0. The van der Waals surface area contributed by atoms with Crippen LogP contribution in [0.4, 0.5) is 0 Å². The maximum Gasteiger partial charge on any atom is 0.339 e. The van der Waals surface area contributed by atoms with Crippen molar-refractivity contribution in [2.24, 2.45) is 0 Å². The third-order valence-corrected chi connectivity index (χ3v) is 9.91. The zero-order valence-corrected chi connectivity index (χ0v) is 27.2. The van der Waals surface area contributed by atoms with Gasteiger partial charge in [0.05, 0.1) is 30.6 Å². The average molecular weight is 636 g/mol. The van der Waals surface area contributed by atoms with Crippen LogP contribution < -0.4 is 9.47 Å². The normalized spacial score (nSPS) is 24.6. The lowest BCUT2D eigenvalue weighted by Crippen LogP contribution is -2.49. The molecule has 4 aliphatic rings. The first kappa shape index (κ1) is 32.3. The zero-order chi connectivity index (χ0) is 32.7. The van der Waals surface area contributed by atoms with E-state index >= 15 is 0 Å². The number of methoxy groups -OCH3 is 1. The molecule has 1 fully saturated rings. The Balaban J connectivity index is 1.28. The van der Waals surface area contributed by atoms with Gasteiger partial charge in [0.1, 0.15) is 12.4 Å². The summed E-state index contributed by atoms with van der Waals surface area (Å²) in [7, 11) is 1.56. The van der Waals surface area contributed by atoms with Crippen LogP contribution in [0.15, 0.2) is 48.2 Å². The average Bonchev–Trinajstić information content (AvgIpc) is 3.69. The van der Waals surface area contributed by atoms with E-state index in [4.69, 9.17) is 23.7 Å². The molecule has 4 atom stereocenters. The number of hydrogen-bond donors (Lipinski definition) is 2. The first-order valence-corrected chi connectivity index (χ1v) is 16.2. The Labute approximate surface area is 270 Å². The molecule has 2 N–H and O–H groups in total. The number of benzene rings is 2. The third kappa shape index (κ3) is 6.35. The lowest BCUT2D eigenvalue weighted by molar-refractivity contribution is -0.179. The molecule has 2 unspecified atom stereocenters. The van der Waals surface area contributed by atoms with Crippen molar-refractivity contribution in [1.82, 2.24) is 4.90 Å². The molecule has 6 rings (SSSR count). The Hall–Kier alpha value is -3.60. The minimum absolute atomic E-state index is 0.0143. The molecule has 0 amide bonds. The Morgan fingerprint density at radius 1 is 1.07 bits per heavy atom. The van der Waals surface area contributed by atoms with Gasteiger partial charge in [0.25, 0.3) is 0 Å². The Morgan fingerprint density at radius 2 is 1.80 bits per heavy atom. The van der Waals surface area contributed by atoms with Gasteiger partial charge in [0, 0.05) is 6.54 Å². The summed E-state index contributed by atoms with van der Waals surface area (Å²) in [5.74, 6) is -0.103. The second-order valence-electron chi connectivity index (χ2n) is 13.8. The summed E-state index contributed by atoms with van der Waals surface area (Å²) in [5, 5.41) is 22.2. The van der Waals surface area contributed by atoms with Crippen molar-refractivity contribution in [3.63, 3.8) is 0 Å². The number of hydrogen-bond acceptors (Lipinski definition) is 10. The molecule has 2 aromatic rings. The predicted octanol–water partition coefficient (Wildman–Crippen LogP) is 4.46. The molecule has 0 radical (unpaired) electrons. The van der Waals surface area contributed by atoms with Gasteiger partial charge in [0.15, 0.2) is 23.2 Å². The molecule has 1 spiro atoms. The molecular weight excluding hydrogens is 590 g/mol. The fourth-order valence-electron chi connectivity index (χ4n) is 7.53. The lowest BCUT2D eigenvalue weighted by Gasteiger charge is -2.39. The molecular formula is C36H45NO9. The highest BCUT2D eigenvalue weighted by Gasteiger charge is 2.59. The van der Waals surface area contributed by atoms with Gasteiger partial charge in [-0.3, -0.25) is 9.69 Å². The van der Waals surface area contributed by atoms with Gasteiger partial charge in [-0.25, -0.2) is 4.79 Å². The van der Waals surface area contributed by atoms with Crippen LogP contribution in [-0.2, 0) is 36.8 Å². The highest BCUT2D eigenvalue weighted by molar-refractivity contribution is 5.86. The molecule has 1 aliphatic carbocycles. The van der Waals surface area contributed by atoms with E-state index in [0.717, 1.165) is 54.6 Å². The molecule has 0 saturated carbocycles. The first-order chi connectivity index (χ1) is 21.9. The Kier molecular flexibility index (Phi) is 8.82. The maximum atomic E-state index is 14.2.